The zero-order chi connectivity index (χ0) is 9.26. The molecule has 2 nitrogen and oxygen atoms in total. The molecule has 0 bridgehead atoms. The SMILES string of the molecule is Cc1cscc1-c1ncccc1N. The Hall–Kier alpha value is -1.35. The van der Waals surface area contributed by atoms with Gasteiger partial charge in [-0.25, -0.2) is 0 Å². The maximum atomic E-state index is 5.82. The molecule has 66 valence electrons. The average molecular weight is 190 g/mol. The predicted molar refractivity (Wildman–Crippen MR) is 56.7 cm³/mol. The Morgan fingerprint density at radius 2 is 2.23 bits per heavy atom. The molecular weight excluding hydrogens is 180 g/mol. The minimum absolute atomic E-state index is 0.740. The van der Waals surface area contributed by atoms with Gasteiger partial charge in [-0.2, -0.15) is 11.3 Å². The van der Waals surface area contributed by atoms with Gasteiger partial charge in [0.2, 0.25) is 0 Å². The summed E-state index contributed by atoms with van der Waals surface area (Å²) in [5.74, 6) is 0. The van der Waals surface area contributed by atoms with Crippen molar-refractivity contribution in [2.75, 3.05) is 5.73 Å². The number of nitrogen functional groups attached to an aromatic ring is 1. The van der Waals surface area contributed by atoms with E-state index in [1.54, 1.807) is 17.5 Å². The molecule has 0 unspecified atom stereocenters. The van der Waals surface area contributed by atoms with E-state index < -0.39 is 0 Å². The standard InChI is InChI=1S/C10H10N2S/c1-7-5-13-6-8(7)10-9(11)3-2-4-12-10/h2-6H,11H2,1H3. The number of thiophene rings is 1. The molecule has 0 amide bonds. The van der Waals surface area contributed by atoms with Crippen molar-refractivity contribution in [2.24, 2.45) is 0 Å². The first-order chi connectivity index (χ1) is 6.29. The molecule has 2 rings (SSSR count). The molecule has 0 saturated carbocycles. The summed E-state index contributed by atoms with van der Waals surface area (Å²) in [6.07, 6.45) is 1.77. The normalized spacial score (nSPS) is 10.2. The van der Waals surface area contributed by atoms with Gasteiger partial charge in [-0.1, -0.05) is 0 Å². The number of pyridine rings is 1. The van der Waals surface area contributed by atoms with E-state index in [1.807, 2.05) is 12.1 Å². The van der Waals surface area contributed by atoms with Gasteiger partial charge >= 0.3 is 0 Å². The van der Waals surface area contributed by atoms with Crippen LogP contribution in [0, 0.1) is 6.92 Å². The van der Waals surface area contributed by atoms with Crippen LogP contribution in [-0.2, 0) is 0 Å². The number of nitrogens with zero attached hydrogens (tertiary/aromatic N) is 1. The van der Waals surface area contributed by atoms with E-state index in [2.05, 4.69) is 22.7 Å². The Labute approximate surface area is 81.1 Å². The molecule has 0 radical (unpaired) electrons. The van der Waals surface area contributed by atoms with Crippen LogP contribution in [-0.4, -0.2) is 4.98 Å². The van der Waals surface area contributed by atoms with Crippen LogP contribution in [0.1, 0.15) is 5.56 Å². The molecule has 2 heterocycles. The fourth-order valence-corrected chi connectivity index (χ4v) is 2.08. The van der Waals surface area contributed by atoms with Crippen molar-refractivity contribution >= 4 is 17.0 Å². The quantitative estimate of drug-likeness (QED) is 0.751. The molecule has 0 atom stereocenters. The van der Waals surface area contributed by atoms with Crippen molar-refractivity contribution in [2.45, 2.75) is 6.92 Å². The molecule has 13 heavy (non-hydrogen) atoms. The average Bonchev–Trinajstić information content (AvgIpc) is 2.52. The van der Waals surface area contributed by atoms with Crippen LogP contribution in [0.3, 0.4) is 0 Å². The van der Waals surface area contributed by atoms with Gasteiger partial charge in [0.25, 0.3) is 0 Å². The molecule has 2 aromatic rings. The molecule has 2 N–H and O–H groups in total. The molecule has 0 aliphatic heterocycles. The van der Waals surface area contributed by atoms with E-state index in [1.165, 1.54) is 5.56 Å². The second kappa shape index (κ2) is 3.18. The van der Waals surface area contributed by atoms with Gasteiger partial charge in [-0.3, -0.25) is 4.98 Å². The molecule has 3 heteroatoms. The third-order valence-corrected chi connectivity index (χ3v) is 2.81. The molecule has 0 aliphatic carbocycles. The summed E-state index contributed by atoms with van der Waals surface area (Å²) in [6, 6.07) is 3.72. The van der Waals surface area contributed by atoms with Crippen LogP contribution >= 0.6 is 11.3 Å². The molecular formula is C10H10N2S. The van der Waals surface area contributed by atoms with Crippen LogP contribution in [0.5, 0.6) is 0 Å². The van der Waals surface area contributed by atoms with Gasteiger partial charge in [-0.05, 0) is 30.0 Å². The fourth-order valence-electron chi connectivity index (χ4n) is 1.25. The van der Waals surface area contributed by atoms with Crippen LogP contribution < -0.4 is 5.73 Å². The van der Waals surface area contributed by atoms with E-state index >= 15 is 0 Å². The fraction of sp³-hybridized carbons (Fsp3) is 0.100. The second-order valence-corrected chi connectivity index (χ2v) is 3.65. The van der Waals surface area contributed by atoms with Gasteiger partial charge in [-0.15, -0.1) is 0 Å². The van der Waals surface area contributed by atoms with Crippen molar-refractivity contribution in [1.82, 2.24) is 4.98 Å². The number of aryl methyl sites for hydroxylation is 1. The summed E-state index contributed by atoms with van der Waals surface area (Å²) in [7, 11) is 0. The topological polar surface area (TPSA) is 38.9 Å². The van der Waals surface area contributed by atoms with Gasteiger partial charge in [0.1, 0.15) is 0 Å². The second-order valence-electron chi connectivity index (χ2n) is 2.91. The highest BCUT2D eigenvalue weighted by molar-refractivity contribution is 7.08. The largest absolute Gasteiger partial charge is 0.397 e. The molecule has 0 aromatic carbocycles. The number of nitrogens with two attached hydrogens (primary N) is 1. The van der Waals surface area contributed by atoms with Gasteiger partial charge in [0.05, 0.1) is 11.4 Å². The van der Waals surface area contributed by atoms with Crippen molar-refractivity contribution in [3.05, 3.63) is 34.7 Å². The van der Waals surface area contributed by atoms with E-state index in [-0.39, 0.29) is 0 Å². The monoisotopic (exact) mass is 190 g/mol. The molecule has 0 fully saturated rings. The Morgan fingerprint density at radius 3 is 2.85 bits per heavy atom. The first-order valence-electron chi connectivity index (χ1n) is 4.02. The third kappa shape index (κ3) is 1.42. The Kier molecular flexibility index (Phi) is 2.02. The summed E-state index contributed by atoms with van der Waals surface area (Å²) in [4.78, 5) is 4.26. The summed E-state index contributed by atoms with van der Waals surface area (Å²) < 4.78 is 0. The van der Waals surface area contributed by atoms with Crippen molar-refractivity contribution < 1.29 is 0 Å². The zero-order valence-corrected chi connectivity index (χ0v) is 8.14. The third-order valence-electron chi connectivity index (χ3n) is 1.95. The highest BCUT2D eigenvalue weighted by Crippen LogP contribution is 2.28. The smallest absolute Gasteiger partial charge is 0.0942 e. The maximum Gasteiger partial charge on any atom is 0.0942 e. The van der Waals surface area contributed by atoms with Crippen LogP contribution in [0.2, 0.25) is 0 Å². The summed E-state index contributed by atoms with van der Waals surface area (Å²) in [5, 5.41) is 4.18. The number of hydrogen-bond acceptors (Lipinski definition) is 3. The van der Waals surface area contributed by atoms with E-state index in [9.17, 15) is 0 Å². The van der Waals surface area contributed by atoms with Gasteiger partial charge in [0, 0.05) is 17.1 Å². The van der Waals surface area contributed by atoms with Crippen LogP contribution in [0.4, 0.5) is 5.69 Å². The first-order valence-corrected chi connectivity index (χ1v) is 4.97. The van der Waals surface area contributed by atoms with Gasteiger partial charge in [0.15, 0.2) is 0 Å². The number of hydrogen-bond donors (Lipinski definition) is 1. The highest BCUT2D eigenvalue weighted by Gasteiger charge is 2.06. The minimum atomic E-state index is 0.740. The van der Waals surface area contributed by atoms with E-state index in [4.69, 9.17) is 5.73 Å². The zero-order valence-electron chi connectivity index (χ0n) is 7.32. The van der Waals surface area contributed by atoms with Gasteiger partial charge < -0.3 is 5.73 Å². The van der Waals surface area contributed by atoms with Crippen molar-refractivity contribution in [3.63, 3.8) is 0 Å². The lowest BCUT2D eigenvalue weighted by atomic mass is 10.1. The first kappa shape index (κ1) is 8.26. The Morgan fingerprint density at radius 1 is 1.38 bits per heavy atom. The minimum Gasteiger partial charge on any atom is -0.397 e. The lowest BCUT2D eigenvalue weighted by Gasteiger charge is -2.02. The molecule has 0 spiro atoms. The maximum absolute atomic E-state index is 5.82. The Balaban J connectivity index is 2.59. The van der Waals surface area contributed by atoms with E-state index in [0.717, 1.165) is 16.9 Å². The number of anilines is 1. The lowest BCUT2D eigenvalue weighted by Crippen LogP contribution is -1.92. The van der Waals surface area contributed by atoms with Crippen LogP contribution in [0.25, 0.3) is 11.3 Å². The lowest BCUT2D eigenvalue weighted by molar-refractivity contribution is 1.32. The number of aromatic nitrogens is 1. The number of rotatable bonds is 1. The summed E-state index contributed by atoms with van der Waals surface area (Å²) in [5.41, 5.74) is 9.83. The predicted octanol–water partition coefficient (Wildman–Crippen LogP) is 2.70. The molecule has 0 saturated heterocycles. The summed E-state index contributed by atoms with van der Waals surface area (Å²) >= 11 is 1.67. The van der Waals surface area contributed by atoms with Crippen molar-refractivity contribution in [3.8, 4) is 11.3 Å². The Bertz CT molecular complexity index is 420. The highest BCUT2D eigenvalue weighted by atomic mass is 32.1. The van der Waals surface area contributed by atoms with Crippen molar-refractivity contribution in [1.29, 1.82) is 0 Å². The van der Waals surface area contributed by atoms with E-state index in [0.29, 0.717) is 0 Å². The summed E-state index contributed by atoms with van der Waals surface area (Å²) in [6.45, 7) is 2.07. The molecule has 0 aliphatic rings. The van der Waals surface area contributed by atoms with Crippen LogP contribution in [0.15, 0.2) is 29.1 Å². The molecule has 2 aromatic heterocycles.